The Balaban J connectivity index is 2.06. The van der Waals surface area contributed by atoms with Crippen molar-refractivity contribution in [2.24, 2.45) is 0 Å². The van der Waals surface area contributed by atoms with Crippen LogP contribution in [0, 0.1) is 10.1 Å². The van der Waals surface area contributed by atoms with Gasteiger partial charge >= 0.3 is 0 Å². The third-order valence-electron chi connectivity index (χ3n) is 2.97. The molecule has 0 aromatic heterocycles. The summed E-state index contributed by atoms with van der Waals surface area (Å²) in [6.45, 7) is -0.0441. The summed E-state index contributed by atoms with van der Waals surface area (Å²) >= 11 is 0. The molecule has 0 spiro atoms. The monoisotopic (exact) mass is 272 g/mol. The molecule has 0 fully saturated rings. The van der Waals surface area contributed by atoms with Gasteiger partial charge < -0.3 is 10.4 Å². The molecule has 0 saturated carbocycles. The van der Waals surface area contributed by atoms with Gasteiger partial charge in [-0.1, -0.05) is 36.4 Å². The summed E-state index contributed by atoms with van der Waals surface area (Å²) < 4.78 is 0. The lowest BCUT2D eigenvalue weighted by Gasteiger charge is -2.17. The Morgan fingerprint density at radius 2 is 1.90 bits per heavy atom. The number of aliphatic hydroxyl groups excluding tert-OH is 1. The van der Waals surface area contributed by atoms with Crippen molar-refractivity contribution in [2.45, 2.75) is 12.5 Å². The van der Waals surface area contributed by atoms with Gasteiger partial charge in [0.2, 0.25) is 0 Å². The highest BCUT2D eigenvalue weighted by Crippen LogP contribution is 2.18. The van der Waals surface area contributed by atoms with E-state index in [1.807, 2.05) is 30.3 Å². The quantitative estimate of drug-likeness (QED) is 0.626. The zero-order valence-corrected chi connectivity index (χ0v) is 10.9. The maximum Gasteiger partial charge on any atom is 0.271 e. The van der Waals surface area contributed by atoms with E-state index in [4.69, 9.17) is 0 Å². The average molecular weight is 272 g/mol. The van der Waals surface area contributed by atoms with Gasteiger partial charge in [-0.15, -0.1) is 0 Å². The molecule has 0 amide bonds. The van der Waals surface area contributed by atoms with Gasteiger partial charge in [0.15, 0.2) is 0 Å². The van der Waals surface area contributed by atoms with E-state index in [2.05, 4.69) is 5.32 Å². The second kappa shape index (κ2) is 6.68. The summed E-state index contributed by atoms with van der Waals surface area (Å²) in [6.07, 6.45) is 0.653. The number of benzene rings is 2. The lowest BCUT2D eigenvalue weighted by molar-refractivity contribution is -0.384. The molecule has 0 aliphatic rings. The van der Waals surface area contributed by atoms with Gasteiger partial charge in [0.1, 0.15) is 0 Å². The molecule has 20 heavy (non-hydrogen) atoms. The summed E-state index contributed by atoms with van der Waals surface area (Å²) in [4.78, 5) is 10.3. The lowest BCUT2D eigenvalue weighted by Crippen LogP contribution is -2.26. The molecule has 0 aliphatic carbocycles. The number of nitro benzene ring substituents is 1. The lowest BCUT2D eigenvalue weighted by atomic mass is 10.1. The number of aliphatic hydroxyl groups is 1. The largest absolute Gasteiger partial charge is 0.394 e. The summed E-state index contributed by atoms with van der Waals surface area (Å²) in [5, 5.41) is 23.3. The predicted octanol–water partition coefficient (Wildman–Crippen LogP) is 2.61. The third kappa shape index (κ3) is 3.80. The average Bonchev–Trinajstić information content (AvgIpc) is 2.48. The van der Waals surface area contributed by atoms with Crippen molar-refractivity contribution in [1.29, 1.82) is 0 Å². The minimum Gasteiger partial charge on any atom is -0.394 e. The first-order chi connectivity index (χ1) is 9.69. The van der Waals surface area contributed by atoms with Crippen molar-refractivity contribution >= 4 is 11.4 Å². The van der Waals surface area contributed by atoms with Crippen LogP contribution in [0.25, 0.3) is 0 Å². The zero-order chi connectivity index (χ0) is 14.4. The van der Waals surface area contributed by atoms with E-state index in [1.54, 1.807) is 12.1 Å². The van der Waals surface area contributed by atoms with Crippen molar-refractivity contribution in [2.75, 3.05) is 11.9 Å². The summed E-state index contributed by atoms with van der Waals surface area (Å²) in [5.41, 5.74) is 1.77. The number of non-ortho nitro benzene ring substituents is 1. The molecule has 0 aliphatic heterocycles. The molecular weight excluding hydrogens is 256 g/mol. The predicted molar refractivity (Wildman–Crippen MR) is 77.7 cm³/mol. The van der Waals surface area contributed by atoms with Gasteiger partial charge in [-0.2, -0.15) is 0 Å². The van der Waals surface area contributed by atoms with Crippen LogP contribution in [0.1, 0.15) is 5.56 Å². The van der Waals surface area contributed by atoms with Gasteiger partial charge in [-0.3, -0.25) is 10.1 Å². The van der Waals surface area contributed by atoms with E-state index in [9.17, 15) is 15.2 Å². The summed E-state index contributed by atoms with van der Waals surface area (Å²) in [5.74, 6) is 0. The normalized spacial score (nSPS) is 11.8. The number of nitro groups is 1. The highest BCUT2D eigenvalue weighted by atomic mass is 16.6. The van der Waals surface area contributed by atoms with E-state index in [-0.39, 0.29) is 18.3 Å². The van der Waals surface area contributed by atoms with Crippen LogP contribution < -0.4 is 5.32 Å². The van der Waals surface area contributed by atoms with E-state index >= 15 is 0 Å². The van der Waals surface area contributed by atoms with Crippen molar-refractivity contribution in [3.8, 4) is 0 Å². The van der Waals surface area contributed by atoms with Crippen molar-refractivity contribution < 1.29 is 10.0 Å². The molecule has 1 atom stereocenters. The molecule has 5 nitrogen and oxygen atoms in total. The number of nitrogens with zero attached hydrogens (tertiary/aromatic N) is 1. The first-order valence-electron chi connectivity index (χ1n) is 6.35. The van der Waals surface area contributed by atoms with Crippen LogP contribution in [0.3, 0.4) is 0 Å². The molecule has 0 bridgehead atoms. The molecule has 2 rings (SSSR count). The SMILES string of the molecule is O=[N+]([O-])c1cccc(NC(CO)Cc2ccccc2)c1. The fraction of sp³-hybridized carbons (Fsp3) is 0.200. The molecule has 0 saturated heterocycles. The Bertz CT molecular complexity index is 572. The van der Waals surface area contributed by atoms with E-state index < -0.39 is 4.92 Å². The van der Waals surface area contributed by atoms with Crippen molar-refractivity contribution in [1.82, 2.24) is 0 Å². The molecule has 0 radical (unpaired) electrons. The smallest absolute Gasteiger partial charge is 0.271 e. The number of rotatable bonds is 6. The van der Waals surface area contributed by atoms with E-state index in [1.165, 1.54) is 12.1 Å². The molecule has 2 N–H and O–H groups in total. The highest BCUT2D eigenvalue weighted by Gasteiger charge is 2.11. The standard InChI is InChI=1S/C15H16N2O3/c18-11-14(9-12-5-2-1-3-6-12)16-13-7-4-8-15(10-13)17(19)20/h1-8,10,14,16,18H,9,11H2. The van der Waals surface area contributed by atoms with E-state index in [0.29, 0.717) is 12.1 Å². The fourth-order valence-electron chi connectivity index (χ4n) is 2.00. The molecule has 1 unspecified atom stereocenters. The number of hydrogen-bond donors (Lipinski definition) is 2. The third-order valence-corrected chi connectivity index (χ3v) is 2.97. The van der Waals surface area contributed by atoms with Gasteiger partial charge in [0, 0.05) is 17.8 Å². The first kappa shape index (κ1) is 14.0. The van der Waals surface area contributed by atoms with Crippen LogP contribution >= 0.6 is 0 Å². The Morgan fingerprint density at radius 1 is 1.15 bits per heavy atom. The molecule has 2 aromatic carbocycles. The second-order valence-corrected chi connectivity index (χ2v) is 4.52. The summed E-state index contributed by atoms with van der Waals surface area (Å²) in [7, 11) is 0. The van der Waals surface area contributed by atoms with Crippen LogP contribution in [0.5, 0.6) is 0 Å². The van der Waals surface area contributed by atoms with Gasteiger partial charge in [-0.25, -0.2) is 0 Å². The van der Waals surface area contributed by atoms with Crippen LogP contribution in [0.4, 0.5) is 11.4 Å². The number of nitrogens with one attached hydrogen (secondary N) is 1. The molecule has 0 heterocycles. The maximum atomic E-state index is 10.7. The van der Waals surface area contributed by atoms with Crippen molar-refractivity contribution in [3.05, 3.63) is 70.3 Å². The summed E-state index contributed by atoms with van der Waals surface area (Å²) in [6, 6.07) is 15.9. The van der Waals surface area contributed by atoms with Crippen molar-refractivity contribution in [3.63, 3.8) is 0 Å². The van der Waals surface area contributed by atoms with Crippen LogP contribution in [0.15, 0.2) is 54.6 Å². The first-order valence-corrected chi connectivity index (χ1v) is 6.35. The maximum absolute atomic E-state index is 10.7. The molecule has 2 aromatic rings. The minimum absolute atomic E-state index is 0.0337. The van der Waals surface area contributed by atoms with Crippen LogP contribution in [-0.4, -0.2) is 22.7 Å². The molecular formula is C15H16N2O3. The number of anilines is 1. The van der Waals surface area contributed by atoms with Gasteiger partial charge in [-0.05, 0) is 18.1 Å². The van der Waals surface area contributed by atoms with Crippen LogP contribution in [-0.2, 0) is 6.42 Å². The Kier molecular flexibility index (Phi) is 4.68. The van der Waals surface area contributed by atoms with E-state index in [0.717, 1.165) is 5.56 Å². The number of hydrogen-bond acceptors (Lipinski definition) is 4. The highest BCUT2D eigenvalue weighted by molar-refractivity contribution is 5.51. The van der Waals surface area contributed by atoms with Gasteiger partial charge in [0.05, 0.1) is 17.6 Å². The fourth-order valence-corrected chi connectivity index (χ4v) is 2.00. The second-order valence-electron chi connectivity index (χ2n) is 4.52. The Hall–Kier alpha value is -2.40. The molecule has 5 heteroatoms. The zero-order valence-electron chi connectivity index (χ0n) is 10.9. The molecule has 104 valence electrons. The minimum atomic E-state index is -0.434. The Morgan fingerprint density at radius 3 is 2.55 bits per heavy atom. The topological polar surface area (TPSA) is 75.4 Å². The van der Waals surface area contributed by atoms with Gasteiger partial charge in [0.25, 0.3) is 5.69 Å². The Labute approximate surface area is 117 Å². The van der Waals surface area contributed by atoms with Crippen LogP contribution in [0.2, 0.25) is 0 Å².